The van der Waals surface area contributed by atoms with Crippen molar-refractivity contribution in [3.63, 3.8) is 0 Å². The Labute approximate surface area is 238 Å². The van der Waals surface area contributed by atoms with Crippen LogP contribution in [0.15, 0.2) is 60.7 Å². The summed E-state index contributed by atoms with van der Waals surface area (Å²) in [7, 11) is 0. The van der Waals surface area contributed by atoms with Crippen LogP contribution in [0.2, 0.25) is 0 Å². The molecule has 0 aliphatic heterocycles. The van der Waals surface area contributed by atoms with Crippen LogP contribution in [0, 0.1) is 40.4 Å². The number of carbonyl (C=O) groups excluding carboxylic acids is 2. The van der Waals surface area contributed by atoms with Crippen LogP contribution < -0.4 is 0 Å². The topological polar surface area (TPSA) is 72.8 Å². The van der Waals surface area contributed by atoms with Crippen molar-refractivity contribution < 1.29 is 24.2 Å². The molecule has 0 amide bonds. The number of aliphatic hydroxyl groups is 1. The van der Waals surface area contributed by atoms with Gasteiger partial charge in [-0.25, -0.2) is 9.59 Å². The summed E-state index contributed by atoms with van der Waals surface area (Å²) < 4.78 is 12.0. The molecule has 5 nitrogen and oxygen atoms in total. The summed E-state index contributed by atoms with van der Waals surface area (Å²) in [5, 5.41) is 11.8. The highest BCUT2D eigenvalue weighted by atomic mass is 16.5. The summed E-state index contributed by atoms with van der Waals surface area (Å²) in [4.78, 5) is 25.6. The molecular formula is C35H44O5. The van der Waals surface area contributed by atoms with E-state index in [1.165, 1.54) is 0 Å². The van der Waals surface area contributed by atoms with Gasteiger partial charge in [-0.15, -0.1) is 0 Å². The van der Waals surface area contributed by atoms with Crippen LogP contribution >= 0.6 is 0 Å². The number of aliphatic hydroxyl groups excluding tert-OH is 1. The molecule has 4 aliphatic rings. The van der Waals surface area contributed by atoms with E-state index in [1.54, 1.807) is 12.1 Å². The monoisotopic (exact) mass is 544 g/mol. The summed E-state index contributed by atoms with van der Waals surface area (Å²) >= 11 is 0. The van der Waals surface area contributed by atoms with Crippen molar-refractivity contribution in [2.75, 3.05) is 0 Å². The predicted octanol–water partition coefficient (Wildman–Crippen LogP) is 7.09. The third-order valence-electron chi connectivity index (χ3n) is 11.8. The van der Waals surface area contributed by atoms with Crippen molar-refractivity contribution in [2.24, 2.45) is 40.4 Å². The van der Waals surface area contributed by atoms with Gasteiger partial charge in [0.15, 0.2) is 0 Å². The van der Waals surface area contributed by atoms with Gasteiger partial charge in [-0.05, 0) is 117 Å². The molecule has 214 valence electrons. The first-order valence-electron chi connectivity index (χ1n) is 15.4. The lowest BCUT2D eigenvalue weighted by Gasteiger charge is -2.62. The van der Waals surface area contributed by atoms with E-state index in [2.05, 4.69) is 13.8 Å². The normalized spacial score (nSPS) is 39.2. The Balaban J connectivity index is 1.14. The van der Waals surface area contributed by atoms with Crippen LogP contribution in [0.1, 0.15) is 92.9 Å². The van der Waals surface area contributed by atoms with Gasteiger partial charge in [0.2, 0.25) is 0 Å². The van der Waals surface area contributed by atoms with Crippen molar-refractivity contribution >= 4 is 11.9 Å². The van der Waals surface area contributed by atoms with Gasteiger partial charge in [0.05, 0.1) is 17.2 Å². The zero-order chi connectivity index (χ0) is 28.1. The Morgan fingerprint density at radius 3 is 2.17 bits per heavy atom. The second kappa shape index (κ2) is 10.6. The minimum Gasteiger partial charge on any atom is -0.459 e. The molecule has 4 aliphatic carbocycles. The highest BCUT2D eigenvalue weighted by Gasteiger charge is 2.64. The molecule has 0 spiro atoms. The van der Waals surface area contributed by atoms with Crippen LogP contribution in [0.4, 0.5) is 0 Å². The number of hydrogen-bond acceptors (Lipinski definition) is 5. The third kappa shape index (κ3) is 4.68. The number of hydrogen-bond donors (Lipinski definition) is 1. The first-order chi connectivity index (χ1) is 19.2. The molecule has 4 fully saturated rings. The molecular weight excluding hydrogens is 500 g/mol. The lowest BCUT2D eigenvalue weighted by Crippen LogP contribution is -2.59. The first-order valence-corrected chi connectivity index (χ1v) is 15.4. The third-order valence-corrected chi connectivity index (χ3v) is 11.8. The van der Waals surface area contributed by atoms with Crippen molar-refractivity contribution in [1.29, 1.82) is 0 Å². The minimum atomic E-state index is -0.361. The van der Waals surface area contributed by atoms with E-state index in [9.17, 15) is 14.7 Å². The van der Waals surface area contributed by atoms with Crippen molar-refractivity contribution in [3.05, 3.63) is 71.8 Å². The van der Waals surface area contributed by atoms with Gasteiger partial charge in [0, 0.05) is 5.92 Å². The quantitative estimate of drug-likeness (QED) is 0.407. The molecule has 10 atom stereocenters. The first kappa shape index (κ1) is 27.5. The fraction of sp³-hybridized carbons (Fsp3) is 0.600. The van der Waals surface area contributed by atoms with Crippen LogP contribution in [0.25, 0.3) is 0 Å². The molecule has 1 N–H and O–H groups in total. The maximum Gasteiger partial charge on any atom is 0.338 e. The van der Waals surface area contributed by atoms with Crippen LogP contribution in [-0.2, 0) is 9.47 Å². The Hall–Kier alpha value is -2.66. The summed E-state index contributed by atoms with van der Waals surface area (Å²) in [6.45, 7) is 6.82. The average Bonchev–Trinajstić information content (AvgIpc) is 3.30. The fourth-order valence-electron chi connectivity index (χ4n) is 9.95. The van der Waals surface area contributed by atoms with E-state index >= 15 is 0 Å². The minimum absolute atomic E-state index is 0.0391. The van der Waals surface area contributed by atoms with E-state index in [0.29, 0.717) is 28.9 Å². The van der Waals surface area contributed by atoms with Crippen LogP contribution in [0.3, 0.4) is 0 Å². The zero-order valence-electron chi connectivity index (χ0n) is 24.1. The van der Waals surface area contributed by atoms with Crippen LogP contribution in [0.5, 0.6) is 0 Å². The van der Waals surface area contributed by atoms with Gasteiger partial charge < -0.3 is 14.6 Å². The second-order valence-electron chi connectivity index (χ2n) is 13.7. The van der Waals surface area contributed by atoms with Gasteiger partial charge >= 0.3 is 11.9 Å². The Morgan fingerprint density at radius 1 is 0.850 bits per heavy atom. The molecule has 0 aromatic heterocycles. The lowest BCUT2D eigenvalue weighted by molar-refractivity contribution is -0.182. The van der Waals surface area contributed by atoms with E-state index in [-0.39, 0.29) is 52.9 Å². The molecule has 0 saturated heterocycles. The number of rotatable bonds is 5. The largest absolute Gasteiger partial charge is 0.459 e. The number of benzene rings is 2. The molecule has 0 heterocycles. The second-order valence-corrected chi connectivity index (χ2v) is 13.7. The van der Waals surface area contributed by atoms with Gasteiger partial charge in [-0.2, -0.15) is 0 Å². The molecule has 4 saturated carbocycles. The Morgan fingerprint density at radius 2 is 1.50 bits per heavy atom. The highest BCUT2D eigenvalue weighted by molar-refractivity contribution is 5.89. The Bertz CT molecular complexity index is 1210. The molecule has 0 bridgehead atoms. The number of carbonyl (C=O) groups is 2. The summed E-state index contributed by atoms with van der Waals surface area (Å²) in [5.41, 5.74) is 1.22. The van der Waals surface area contributed by atoms with E-state index in [0.717, 1.165) is 51.4 Å². The molecule has 40 heavy (non-hydrogen) atoms. The van der Waals surface area contributed by atoms with E-state index < -0.39 is 0 Å². The Kier molecular flexibility index (Phi) is 7.31. The molecule has 0 radical (unpaired) electrons. The zero-order valence-corrected chi connectivity index (χ0v) is 24.1. The molecule has 2 aromatic rings. The maximum absolute atomic E-state index is 12.8. The maximum atomic E-state index is 12.8. The smallest absolute Gasteiger partial charge is 0.338 e. The standard InChI is InChI=1S/C35H44O5/c1-22(39-32(37)23-10-6-4-7-11-23)28-16-17-29-27-15-14-25-20-26(40-33(38)24-12-8-5-9-13-24)18-19-34(25,2)31(27)30(36)21-35(28,29)3/h4-13,22,25-31,36H,14-21H2,1-3H3/t22-,25+,26+,27-,28-,29+,30-,31-,34-,35+/m0/s1. The van der Waals surface area contributed by atoms with E-state index in [1.807, 2.05) is 55.5 Å². The molecule has 0 unspecified atom stereocenters. The van der Waals surface area contributed by atoms with Gasteiger partial charge in [0.1, 0.15) is 12.2 Å². The molecule has 5 heteroatoms. The number of fused-ring (bicyclic) bond motifs is 5. The lowest BCUT2D eigenvalue weighted by atomic mass is 9.43. The summed E-state index contributed by atoms with van der Waals surface area (Å²) in [5.74, 6) is 1.52. The van der Waals surface area contributed by atoms with Crippen molar-refractivity contribution in [1.82, 2.24) is 0 Å². The molecule has 2 aromatic carbocycles. The summed E-state index contributed by atoms with van der Waals surface area (Å²) in [6, 6.07) is 18.5. The number of esters is 2. The average molecular weight is 545 g/mol. The predicted molar refractivity (Wildman–Crippen MR) is 154 cm³/mol. The van der Waals surface area contributed by atoms with Gasteiger partial charge in [-0.1, -0.05) is 50.2 Å². The summed E-state index contributed by atoms with van der Waals surface area (Å²) in [6.07, 6.45) is 7.33. The van der Waals surface area contributed by atoms with E-state index in [4.69, 9.17) is 9.47 Å². The highest BCUT2D eigenvalue weighted by Crippen LogP contribution is 2.68. The van der Waals surface area contributed by atoms with Gasteiger partial charge in [-0.3, -0.25) is 0 Å². The SMILES string of the molecule is C[C@H](OC(=O)c1ccccc1)[C@@H]1CC[C@@H]2[C@@H]3CC[C@@H]4C[C@H](OC(=O)c5ccccc5)CC[C@]4(C)[C@@H]3[C@@H](O)C[C@@]21C. The van der Waals surface area contributed by atoms with Gasteiger partial charge in [0.25, 0.3) is 0 Å². The molecule has 6 rings (SSSR count). The number of ether oxygens (including phenoxy) is 2. The van der Waals surface area contributed by atoms with Crippen LogP contribution in [-0.4, -0.2) is 35.4 Å². The van der Waals surface area contributed by atoms with Crippen molar-refractivity contribution in [2.45, 2.75) is 90.4 Å². The van der Waals surface area contributed by atoms with Crippen molar-refractivity contribution in [3.8, 4) is 0 Å². The fourth-order valence-corrected chi connectivity index (χ4v) is 9.95.